The minimum atomic E-state index is -0.213. The van der Waals surface area contributed by atoms with Crippen LogP contribution in [-0.4, -0.2) is 18.0 Å². The number of hydrogen-bond acceptors (Lipinski definition) is 4. The van der Waals surface area contributed by atoms with Crippen molar-refractivity contribution in [2.75, 3.05) is 17.7 Å². The Morgan fingerprint density at radius 1 is 0.923 bits per heavy atom. The molecule has 0 fully saturated rings. The number of carbonyl (C=O) groups is 1. The Labute approximate surface area is 153 Å². The molecule has 1 aromatic heterocycles. The fourth-order valence-electron chi connectivity index (χ4n) is 2.69. The second-order valence-corrected chi connectivity index (χ2v) is 6.12. The van der Waals surface area contributed by atoms with Gasteiger partial charge in [-0.2, -0.15) is 0 Å². The van der Waals surface area contributed by atoms with Crippen molar-refractivity contribution in [3.8, 4) is 5.75 Å². The number of methoxy groups -OCH3 is 1. The van der Waals surface area contributed by atoms with Crippen molar-refractivity contribution in [2.45, 2.75) is 13.8 Å². The van der Waals surface area contributed by atoms with Crippen LogP contribution in [0.25, 0.3) is 0 Å². The molecule has 0 atom stereocenters. The van der Waals surface area contributed by atoms with E-state index in [2.05, 4.69) is 47.7 Å². The van der Waals surface area contributed by atoms with Crippen LogP contribution in [0.1, 0.15) is 21.5 Å². The van der Waals surface area contributed by atoms with Gasteiger partial charge in [0.25, 0.3) is 5.91 Å². The van der Waals surface area contributed by atoms with E-state index in [9.17, 15) is 4.79 Å². The van der Waals surface area contributed by atoms with Crippen LogP contribution in [0.2, 0.25) is 0 Å². The third-order valence-electron chi connectivity index (χ3n) is 3.87. The maximum Gasteiger partial charge on any atom is 0.256 e. The number of anilines is 3. The summed E-state index contributed by atoms with van der Waals surface area (Å²) in [5.74, 6) is 0.994. The molecule has 3 rings (SSSR count). The number of nitrogens with zero attached hydrogens (tertiary/aromatic N) is 1. The van der Waals surface area contributed by atoms with Gasteiger partial charge in [-0.3, -0.25) is 4.79 Å². The Morgan fingerprint density at radius 3 is 2.19 bits per heavy atom. The minimum absolute atomic E-state index is 0.213. The summed E-state index contributed by atoms with van der Waals surface area (Å²) in [4.78, 5) is 16.6. The van der Waals surface area contributed by atoms with Crippen LogP contribution in [0.4, 0.5) is 17.2 Å². The van der Waals surface area contributed by atoms with E-state index >= 15 is 0 Å². The molecule has 0 aliphatic carbocycles. The summed E-state index contributed by atoms with van der Waals surface area (Å²) in [5, 5.41) is 6.11. The molecule has 2 N–H and O–H groups in total. The first-order valence-electron chi connectivity index (χ1n) is 8.30. The Balaban J connectivity index is 1.66. The number of ether oxygens (including phenoxy) is 1. The molecule has 0 unspecified atom stereocenters. The highest BCUT2D eigenvalue weighted by atomic mass is 16.5. The van der Waals surface area contributed by atoms with Crippen molar-refractivity contribution in [3.05, 3.63) is 77.5 Å². The van der Waals surface area contributed by atoms with Crippen LogP contribution in [0.3, 0.4) is 0 Å². The molecule has 1 heterocycles. The topological polar surface area (TPSA) is 63.2 Å². The number of benzene rings is 2. The fraction of sp³-hybridized carbons (Fsp3) is 0.143. The highest BCUT2D eigenvalue weighted by Crippen LogP contribution is 2.20. The molecular weight excluding hydrogens is 326 g/mol. The first-order chi connectivity index (χ1) is 12.5. The smallest absolute Gasteiger partial charge is 0.256 e. The van der Waals surface area contributed by atoms with Gasteiger partial charge in [-0.05, 0) is 73.5 Å². The quantitative estimate of drug-likeness (QED) is 0.702. The molecule has 0 aliphatic heterocycles. The van der Waals surface area contributed by atoms with Crippen LogP contribution < -0.4 is 15.4 Å². The summed E-state index contributed by atoms with van der Waals surface area (Å²) in [6.07, 6.45) is 1.70. The van der Waals surface area contributed by atoms with E-state index < -0.39 is 0 Å². The third kappa shape index (κ3) is 4.39. The molecule has 0 spiro atoms. The number of nitrogens with one attached hydrogen (secondary N) is 2. The Morgan fingerprint density at radius 2 is 1.62 bits per heavy atom. The molecule has 5 heteroatoms. The van der Waals surface area contributed by atoms with Crippen LogP contribution in [0, 0.1) is 13.8 Å². The zero-order chi connectivity index (χ0) is 18.5. The number of aryl methyl sites for hydroxylation is 2. The predicted octanol–water partition coefficient (Wildman–Crippen LogP) is 4.70. The van der Waals surface area contributed by atoms with Crippen LogP contribution >= 0.6 is 0 Å². The van der Waals surface area contributed by atoms with E-state index in [-0.39, 0.29) is 5.91 Å². The van der Waals surface area contributed by atoms with Crippen molar-refractivity contribution in [1.29, 1.82) is 0 Å². The normalized spacial score (nSPS) is 10.3. The average Bonchev–Trinajstić information content (AvgIpc) is 2.62. The van der Waals surface area contributed by atoms with Gasteiger partial charge in [0.1, 0.15) is 11.6 Å². The monoisotopic (exact) mass is 347 g/mol. The molecule has 5 nitrogen and oxygen atoms in total. The number of amides is 1. The molecule has 0 radical (unpaired) electrons. The Bertz CT molecular complexity index is 883. The van der Waals surface area contributed by atoms with E-state index in [1.165, 1.54) is 11.1 Å². The first-order valence-corrected chi connectivity index (χ1v) is 8.30. The van der Waals surface area contributed by atoms with E-state index in [0.29, 0.717) is 17.1 Å². The second-order valence-electron chi connectivity index (χ2n) is 6.12. The van der Waals surface area contributed by atoms with Crippen molar-refractivity contribution in [1.82, 2.24) is 4.98 Å². The van der Waals surface area contributed by atoms with Gasteiger partial charge in [-0.25, -0.2) is 4.98 Å². The summed E-state index contributed by atoms with van der Waals surface area (Å²) < 4.78 is 5.09. The molecular formula is C21H21N3O2. The molecule has 3 aromatic rings. The van der Waals surface area contributed by atoms with Gasteiger partial charge in [0, 0.05) is 11.3 Å². The van der Waals surface area contributed by atoms with Crippen molar-refractivity contribution in [3.63, 3.8) is 0 Å². The number of aromatic nitrogens is 1. The Hall–Kier alpha value is -3.34. The number of carbonyl (C=O) groups excluding carboxylic acids is 1. The summed E-state index contributed by atoms with van der Waals surface area (Å²) in [7, 11) is 1.59. The SMILES string of the molecule is COc1ccc(C(=O)Nc2ccc(Nc3cc(C)cc(C)c3)cn2)cc1. The molecule has 0 saturated carbocycles. The molecule has 132 valence electrons. The van der Waals surface area contributed by atoms with E-state index in [4.69, 9.17) is 4.74 Å². The standard InChI is InChI=1S/C21H21N3O2/c1-14-10-15(2)12-18(11-14)23-17-6-9-20(22-13-17)24-21(25)16-4-7-19(26-3)8-5-16/h4-13,23H,1-3H3,(H,22,24,25). The van der Waals surface area contributed by atoms with Gasteiger partial charge in [0.15, 0.2) is 0 Å². The Kier molecular flexibility index (Phi) is 5.17. The summed E-state index contributed by atoms with van der Waals surface area (Å²) >= 11 is 0. The lowest BCUT2D eigenvalue weighted by Gasteiger charge is -2.10. The van der Waals surface area contributed by atoms with Gasteiger partial charge in [-0.15, -0.1) is 0 Å². The fourth-order valence-corrected chi connectivity index (χ4v) is 2.69. The number of rotatable bonds is 5. The average molecular weight is 347 g/mol. The van der Waals surface area contributed by atoms with Crippen molar-refractivity contribution < 1.29 is 9.53 Å². The number of hydrogen-bond donors (Lipinski definition) is 2. The van der Waals surface area contributed by atoms with E-state index in [1.807, 2.05) is 6.07 Å². The van der Waals surface area contributed by atoms with Gasteiger partial charge in [-0.1, -0.05) is 6.07 Å². The molecule has 1 amide bonds. The first kappa shape index (κ1) is 17.5. The predicted molar refractivity (Wildman–Crippen MR) is 104 cm³/mol. The zero-order valence-electron chi connectivity index (χ0n) is 15.0. The lowest BCUT2D eigenvalue weighted by Crippen LogP contribution is -2.12. The molecule has 26 heavy (non-hydrogen) atoms. The highest BCUT2D eigenvalue weighted by molar-refractivity contribution is 6.03. The maximum atomic E-state index is 12.3. The molecule has 2 aromatic carbocycles. The lowest BCUT2D eigenvalue weighted by atomic mass is 10.1. The molecule has 0 bridgehead atoms. The zero-order valence-corrected chi connectivity index (χ0v) is 15.0. The van der Waals surface area contributed by atoms with Gasteiger partial charge in [0.05, 0.1) is 19.0 Å². The molecule has 0 saturated heterocycles. The van der Waals surface area contributed by atoms with Gasteiger partial charge < -0.3 is 15.4 Å². The lowest BCUT2D eigenvalue weighted by molar-refractivity contribution is 0.102. The maximum absolute atomic E-state index is 12.3. The largest absolute Gasteiger partial charge is 0.497 e. The minimum Gasteiger partial charge on any atom is -0.497 e. The van der Waals surface area contributed by atoms with Crippen molar-refractivity contribution >= 4 is 23.1 Å². The van der Waals surface area contributed by atoms with Crippen molar-refractivity contribution in [2.24, 2.45) is 0 Å². The summed E-state index contributed by atoms with van der Waals surface area (Å²) in [6, 6.07) is 16.9. The van der Waals surface area contributed by atoms with Gasteiger partial charge >= 0.3 is 0 Å². The number of pyridine rings is 1. The van der Waals surface area contributed by atoms with Gasteiger partial charge in [0.2, 0.25) is 0 Å². The van der Waals surface area contributed by atoms with Crippen LogP contribution in [-0.2, 0) is 0 Å². The highest BCUT2D eigenvalue weighted by Gasteiger charge is 2.07. The third-order valence-corrected chi connectivity index (χ3v) is 3.87. The second kappa shape index (κ2) is 7.70. The summed E-state index contributed by atoms with van der Waals surface area (Å²) in [6.45, 7) is 4.13. The van der Waals surface area contributed by atoms with Crippen LogP contribution in [0.15, 0.2) is 60.8 Å². The summed E-state index contributed by atoms with van der Waals surface area (Å²) in [5.41, 5.74) is 4.81. The van der Waals surface area contributed by atoms with Crippen LogP contribution in [0.5, 0.6) is 5.75 Å². The molecule has 0 aliphatic rings. The van der Waals surface area contributed by atoms with E-state index in [1.54, 1.807) is 43.6 Å². The van der Waals surface area contributed by atoms with E-state index in [0.717, 1.165) is 11.4 Å².